The van der Waals surface area contributed by atoms with Crippen molar-refractivity contribution in [3.05, 3.63) is 52.9 Å². The van der Waals surface area contributed by atoms with E-state index < -0.39 is 11.6 Å². The maximum atomic E-state index is 13.6. The van der Waals surface area contributed by atoms with Crippen LogP contribution < -0.4 is 5.32 Å². The lowest BCUT2D eigenvalue weighted by Gasteiger charge is -2.09. The maximum absolute atomic E-state index is 13.6. The first-order valence-corrected chi connectivity index (χ1v) is 6.66. The van der Waals surface area contributed by atoms with Crippen LogP contribution in [-0.4, -0.2) is 15.8 Å². The van der Waals surface area contributed by atoms with Crippen molar-refractivity contribution >= 4 is 0 Å². The summed E-state index contributed by atoms with van der Waals surface area (Å²) in [5.41, 5.74) is 2.50. The normalized spacial score (nSPS) is 11.3. The number of benzene rings is 1. The molecule has 0 aliphatic heterocycles. The van der Waals surface area contributed by atoms with Crippen LogP contribution in [0, 0.1) is 18.6 Å². The highest BCUT2D eigenvalue weighted by atomic mass is 19.1. The third kappa shape index (κ3) is 3.42. The summed E-state index contributed by atoms with van der Waals surface area (Å²) in [7, 11) is 0. The predicted molar refractivity (Wildman–Crippen MR) is 74.4 cm³/mol. The Morgan fingerprint density at radius 1 is 1.25 bits per heavy atom. The highest BCUT2D eigenvalue weighted by molar-refractivity contribution is 5.21. The van der Waals surface area contributed by atoms with Crippen molar-refractivity contribution in [2.45, 2.75) is 39.9 Å². The quantitative estimate of drug-likeness (QED) is 0.911. The van der Waals surface area contributed by atoms with Crippen molar-refractivity contribution < 1.29 is 8.78 Å². The van der Waals surface area contributed by atoms with Gasteiger partial charge in [-0.3, -0.25) is 4.68 Å². The average molecular weight is 279 g/mol. The Balaban J connectivity index is 2.14. The van der Waals surface area contributed by atoms with E-state index in [9.17, 15) is 8.78 Å². The molecule has 108 valence electrons. The topological polar surface area (TPSA) is 29.9 Å². The van der Waals surface area contributed by atoms with Gasteiger partial charge in [-0.1, -0.05) is 19.9 Å². The minimum atomic E-state index is -0.565. The zero-order chi connectivity index (χ0) is 14.7. The fourth-order valence-corrected chi connectivity index (χ4v) is 1.94. The Bertz CT molecular complexity index is 591. The lowest BCUT2D eigenvalue weighted by atomic mass is 10.2. The second-order valence-corrected chi connectivity index (χ2v) is 5.18. The minimum absolute atomic E-state index is 0.305. The highest BCUT2D eigenvalue weighted by Gasteiger charge is 2.10. The van der Waals surface area contributed by atoms with Crippen LogP contribution in [0.5, 0.6) is 0 Å². The maximum Gasteiger partial charge on any atom is 0.131 e. The lowest BCUT2D eigenvalue weighted by molar-refractivity contribution is 0.554. The van der Waals surface area contributed by atoms with Crippen LogP contribution in [0.25, 0.3) is 0 Å². The number of hydrogen-bond acceptors (Lipinski definition) is 2. The number of nitrogens with one attached hydrogen (secondary N) is 1. The SMILES string of the molecule is Cc1c(CNC(C)C)cnn1Cc1ccc(F)cc1F. The van der Waals surface area contributed by atoms with Gasteiger partial charge in [-0.2, -0.15) is 5.10 Å². The molecule has 1 heterocycles. The molecule has 0 bridgehead atoms. The molecular weight excluding hydrogens is 260 g/mol. The first-order chi connectivity index (χ1) is 9.47. The number of hydrogen-bond donors (Lipinski definition) is 1. The van der Waals surface area contributed by atoms with Crippen LogP contribution >= 0.6 is 0 Å². The van der Waals surface area contributed by atoms with Gasteiger partial charge in [0.2, 0.25) is 0 Å². The van der Waals surface area contributed by atoms with Crippen LogP contribution in [0.3, 0.4) is 0 Å². The molecule has 0 amide bonds. The molecule has 2 rings (SSSR count). The second-order valence-electron chi connectivity index (χ2n) is 5.18. The van der Waals surface area contributed by atoms with Gasteiger partial charge in [0.1, 0.15) is 11.6 Å². The van der Waals surface area contributed by atoms with Crippen molar-refractivity contribution in [1.82, 2.24) is 15.1 Å². The van der Waals surface area contributed by atoms with Crippen molar-refractivity contribution in [3.63, 3.8) is 0 Å². The van der Waals surface area contributed by atoms with Gasteiger partial charge in [-0.15, -0.1) is 0 Å². The largest absolute Gasteiger partial charge is 0.310 e. The monoisotopic (exact) mass is 279 g/mol. The van der Waals surface area contributed by atoms with E-state index in [-0.39, 0.29) is 0 Å². The number of nitrogens with zero attached hydrogens (tertiary/aromatic N) is 2. The summed E-state index contributed by atoms with van der Waals surface area (Å²) in [4.78, 5) is 0. The summed E-state index contributed by atoms with van der Waals surface area (Å²) in [5, 5.41) is 7.59. The highest BCUT2D eigenvalue weighted by Crippen LogP contribution is 2.14. The smallest absolute Gasteiger partial charge is 0.131 e. The Morgan fingerprint density at radius 3 is 2.65 bits per heavy atom. The first kappa shape index (κ1) is 14.7. The van der Waals surface area contributed by atoms with E-state index in [1.807, 2.05) is 6.92 Å². The molecule has 20 heavy (non-hydrogen) atoms. The Morgan fingerprint density at radius 2 is 2.00 bits per heavy atom. The van der Waals surface area contributed by atoms with E-state index in [2.05, 4.69) is 24.3 Å². The molecule has 0 saturated heterocycles. The zero-order valence-electron chi connectivity index (χ0n) is 12.0. The van der Waals surface area contributed by atoms with E-state index in [0.717, 1.165) is 23.9 Å². The molecule has 0 aliphatic carbocycles. The zero-order valence-corrected chi connectivity index (χ0v) is 12.0. The number of halogens is 2. The fraction of sp³-hybridized carbons (Fsp3) is 0.400. The summed E-state index contributed by atoms with van der Waals surface area (Å²) in [5.74, 6) is -1.10. The number of aromatic nitrogens is 2. The molecule has 1 N–H and O–H groups in total. The summed E-state index contributed by atoms with van der Waals surface area (Å²) in [6.07, 6.45) is 1.78. The Hall–Kier alpha value is -1.75. The molecule has 0 saturated carbocycles. The van der Waals surface area contributed by atoms with E-state index in [1.165, 1.54) is 12.1 Å². The van der Waals surface area contributed by atoms with Gasteiger partial charge in [0.05, 0.1) is 12.7 Å². The third-order valence-corrected chi connectivity index (χ3v) is 3.24. The molecule has 5 heteroatoms. The molecule has 1 aromatic carbocycles. The van der Waals surface area contributed by atoms with Crippen LogP contribution in [0.15, 0.2) is 24.4 Å². The van der Waals surface area contributed by atoms with Gasteiger partial charge < -0.3 is 5.32 Å². The molecule has 3 nitrogen and oxygen atoms in total. The minimum Gasteiger partial charge on any atom is -0.310 e. The standard InChI is InChI=1S/C15H19F2N3/c1-10(2)18-7-13-8-19-20(11(13)3)9-12-4-5-14(16)6-15(12)17/h4-6,8,10,18H,7,9H2,1-3H3. The average Bonchev–Trinajstić information content (AvgIpc) is 2.72. The first-order valence-electron chi connectivity index (χ1n) is 6.66. The van der Waals surface area contributed by atoms with Crippen molar-refractivity contribution in [2.24, 2.45) is 0 Å². The molecule has 0 radical (unpaired) electrons. The predicted octanol–water partition coefficient (Wildman–Crippen LogP) is 3.02. The van der Waals surface area contributed by atoms with Crippen molar-refractivity contribution in [3.8, 4) is 0 Å². The summed E-state index contributed by atoms with van der Waals surface area (Å²) < 4.78 is 28.2. The molecule has 0 fully saturated rings. The Kier molecular flexibility index (Phi) is 4.49. The summed E-state index contributed by atoms with van der Waals surface area (Å²) in [6, 6.07) is 4.01. The van der Waals surface area contributed by atoms with E-state index in [0.29, 0.717) is 18.2 Å². The molecule has 0 unspecified atom stereocenters. The lowest BCUT2D eigenvalue weighted by Crippen LogP contribution is -2.22. The fourth-order valence-electron chi connectivity index (χ4n) is 1.94. The summed E-state index contributed by atoms with van der Waals surface area (Å²) in [6.45, 7) is 7.14. The van der Waals surface area contributed by atoms with Crippen LogP contribution in [0.4, 0.5) is 8.78 Å². The molecule has 2 aromatic rings. The third-order valence-electron chi connectivity index (χ3n) is 3.24. The molecule has 0 atom stereocenters. The molecular formula is C15H19F2N3. The van der Waals surface area contributed by atoms with Gasteiger partial charge in [0, 0.05) is 35.5 Å². The molecule has 0 aliphatic rings. The van der Waals surface area contributed by atoms with Gasteiger partial charge in [-0.25, -0.2) is 8.78 Å². The Labute approximate surface area is 117 Å². The number of rotatable bonds is 5. The van der Waals surface area contributed by atoms with Crippen molar-refractivity contribution in [2.75, 3.05) is 0 Å². The van der Waals surface area contributed by atoms with Crippen LogP contribution in [0.2, 0.25) is 0 Å². The molecule has 0 spiro atoms. The van der Waals surface area contributed by atoms with Gasteiger partial charge >= 0.3 is 0 Å². The van der Waals surface area contributed by atoms with Crippen LogP contribution in [-0.2, 0) is 13.1 Å². The summed E-state index contributed by atoms with van der Waals surface area (Å²) >= 11 is 0. The van der Waals surface area contributed by atoms with Gasteiger partial charge in [-0.05, 0) is 13.0 Å². The van der Waals surface area contributed by atoms with E-state index in [4.69, 9.17) is 0 Å². The molecule has 1 aromatic heterocycles. The second kappa shape index (κ2) is 6.13. The van der Waals surface area contributed by atoms with Gasteiger partial charge in [0.25, 0.3) is 0 Å². The van der Waals surface area contributed by atoms with E-state index >= 15 is 0 Å². The van der Waals surface area contributed by atoms with Crippen LogP contribution in [0.1, 0.15) is 30.7 Å². The van der Waals surface area contributed by atoms with Gasteiger partial charge in [0.15, 0.2) is 0 Å². The van der Waals surface area contributed by atoms with E-state index in [1.54, 1.807) is 10.9 Å². The van der Waals surface area contributed by atoms with Crippen molar-refractivity contribution in [1.29, 1.82) is 0 Å².